The molecule has 124 valence electrons. The fraction of sp³-hybridized carbons (Fsp3) is 0.375. The Morgan fingerprint density at radius 3 is 2.52 bits per heavy atom. The highest BCUT2D eigenvalue weighted by Crippen LogP contribution is 2.22. The topological polar surface area (TPSA) is 72.3 Å². The highest BCUT2D eigenvalue weighted by atomic mass is 32.2. The molecule has 7 heteroatoms. The van der Waals surface area contributed by atoms with Crippen molar-refractivity contribution in [3.8, 4) is 0 Å². The lowest BCUT2D eigenvalue weighted by Gasteiger charge is -2.19. The number of aromatic nitrogens is 2. The minimum atomic E-state index is -3.52. The molecule has 0 radical (unpaired) electrons. The van der Waals surface area contributed by atoms with Crippen molar-refractivity contribution in [3.63, 3.8) is 0 Å². The van der Waals surface area contributed by atoms with E-state index >= 15 is 0 Å². The zero-order chi connectivity index (χ0) is 17.2. The van der Waals surface area contributed by atoms with Crippen molar-refractivity contribution in [2.75, 3.05) is 7.05 Å². The summed E-state index contributed by atoms with van der Waals surface area (Å²) in [4.78, 5) is 14.3. The zero-order valence-electron chi connectivity index (χ0n) is 13.7. The monoisotopic (exact) mass is 335 g/mol. The van der Waals surface area contributed by atoms with Gasteiger partial charge in [0.25, 0.3) is 5.91 Å². The third kappa shape index (κ3) is 3.61. The Labute approximate surface area is 136 Å². The first-order valence-corrected chi connectivity index (χ1v) is 8.84. The number of hydrogen-bond donors (Lipinski definition) is 0. The second kappa shape index (κ2) is 6.54. The van der Waals surface area contributed by atoms with Crippen LogP contribution in [0.4, 0.5) is 0 Å². The molecule has 1 aromatic carbocycles. The SMILES string of the molecule is CC(C)S(=O)(=O)c1ccccc1C(=O)N(C)Cc1cnn(C)c1. The molecule has 0 aliphatic rings. The Hall–Kier alpha value is -2.15. The molecule has 0 atom stereocenters. The van der Waals surface area contributed by atoms with Gasteiger partial charge in [-0.3, -0.25) is 9.48 Å². The number of carbonyl (C=O) groups excluding carboxylic acids is 1. The number of rotatable bonds is 5. The molecule has 0 fully saturated rings. The first-order valence-electron chi connectivity index (χ1n) is 7.29. The van der Waals surface area contributed by atoms with E-state index < -0.39 is 15.1 Å². The van der Waals surface area contributed by atoms with Gasteiger partial charge < -0.3 is 4.90 Å². The van der Waals surface area contributed by atoms with Crippen LogP contribution in [0.5, 0.6) is 0 Å². The molecule has 2 aromatic rings. The Morgan fingerprint density at radius 2 is 1.96 bits per heavy atom. The lowest BCUT2D eigenvalue weighted by atomic mass is 10.2. The second-order valence-corrected chi connectivity index (χ2v) is 8.25. The summed E-state index contributed by atoms with van der Waals surface area (Å²) in [7, 11) is -0.0704. The van der Waals surface area contributed by atoms with Crippen LogP contribution in [0, 0.1) is 0 Å². The third-order valence-corrected chi connectivity index (χ3v) is 5.78. The maximum atomic E-state index is 12.7. The first-order chi connectivity index (χ1) is 10.7. The van der Waals surface area contributed by atoms with Crippen LogP contribution in [0.1, 0.15) is 29.8 Å². The van der Waals surface area contributed by atoms with Crippen LogP contribution in [0.2, 0.25) is 0 Å². The molecule has 0 unspecified atom stereocenters. The fourth-order valence-corrected chi connectivity index (χ4v) is 3.49. The summed E-state index contributed by atoms with van der Waals surface area (Å²) < 4.78 is 26.6. The molecule has 0 spiro atoms. The number of hydrogen-bond acceptors (Lipinski definition) is 4. The van der Waals surface area contributed by atoms with Crippen LogP contribution in [0.25, 0.3) is 0 Å². The van der Waals surface area contributed by atoms with Gasteiger partial charge in [0.05, 0.1) is 21.9 Å². The number of carbonyl (C=O) groups is 1. The van der Waals surface area contributed by atoms with Crippen molar-refractivity contribution >= 4 is 15.7 Å². The van der Waals surface area contributed by atoms with Crippen molar-refractivity contribution in [1.82, 2.24) is 14.7 Å². The normalized spacial score (nSPS) is 11.7. The molecule has 0 aliphatic carbocycles. The van der Waals surface area contributed by atoms with Gasteiger partial charge in [0.1, 0.15) is 0 Å². The number of sulfone groups is 1. The van der Waals surface area contributed by atoms with Crippen molar-refractivity contribution in [2.24, 2.45) is 7.05 Å². The van der Waals surface area contributed by atoms with Gasteiger partial charge in [0.15, 0.2) is 9.84 Å². The quantitative estimate of drug-likeness (QED) is 0.836. The first kappa shape index (κ1) is 17.2. The van der Waals surface area contributed by atoms with E-state index in [0.717, 1.165) is 5.56 Å². The Bertz CT molecular complexity index is 809. The molecule has 1 aromatic heterocycles. The van der Waals surface area contributed by atoms with E-state index in [-0.39, 0.29) is 16.4 Å². The summed E-state index contributed by atoms with van der Waals surface area (Å²) in [6.07, 6.45) is 3.50. The lowest BCUT2D eigenvalue weighted by molar-refractivity contribution is 0.0781. The molecule has 23 heavy (non-hydrogen) atoms. The maximum absolute atomic E-state index is 12.7. The number of benzene rings is 1. The van der Waals surface area contributed by atoms with Crippen LogP contribution in [0.15, 0.2) is 41.6 Å². The summed E-state index contributed by atoms with van der Waals surface area (Å²) in [5.41, 5.74) is 1.08. The van der Waals surface area contributed by atoms with Gasteiger partial charge in [-0.15, -0.1) is 0 Å². The molecule has 1 amide bonds. The minimum Gasteiger partial charge on any atom is -0.337 e. The Morgan fingerprint density at radius 1 is 1.30 bits per heavy atom. The predicted octanol–water partition coefficient (Wildman–Crippen LogP) is 1.87. The highest BCUT2D eigenvalue weighted by molar-refractivity contribution is 7.92. The molecule has 0 saturated heterocycles. The van der Waals surface area contributed by atoms with Crippen LogP contribution >= 0.6 is 0 Å². The standard InChI is InChI=1S/C16H21N3O3S/c1-12(2)23(21,22)15-8-6-5-7-14(15)16(20)18(3)10-13-9-17-19(4)11-13/h5-9,11-12H,10H2,1-4H3. The van der Waals surface area contributed by atoms with Crippen molar-refractivity contribution in [1.29, 1.82) is 0 Å². The molecule has 0 bridgehead atoms. The summed E-state index contributed by atoms with van der Waals surface area (Å²) in [5.74, 6) is -0.325. The van der Waals surface area contributed by atoms with E-state index in [9.17, 15) is 13.2 Å². The van der Waals surface area contributed by atoms with E-state index in [0.29, 0.717) is 6.54 Å². The van der Waals surface area contributed by atoms with E-state index in [1.807, 2.05) is 6.20 Å². The average molecular weight is 335 g/mol. The minimum absolute atomic E-state index is 0.0815. The van der Waals surface area contributed by atoms with Crippen molar-refractivity contribution in [2.45, 2.75) is 30.5 Å². The van der Waals surface area contributed by atoms with Gasteiger partial charge in [-0.05, 0) is 26.0 Å². The van der Waals surface area contributed by atoms with E-state index in [4.69, 9.17) is 0 Å². The molecule has 0 saturated carbocycles. The largest absolute Gasteiger partial charge is 0.337 e. The van der Waals surface area contributed by atoms with Gasteiger partial charge in [0, 0.05) is 32.4 Å². The van der Waals surface area contributed by atoms with Crippen molar-refractivity contribution < 1.29 is 13.2 Å². The molecule has 0 aliphatic heterocycles. The lowest BCUT2D eigenvalue weighted by Crippen LogP contribution is -2.28. The summed E-state index contributed by atoms with van der Waals surface area (Å²) >= 11 is 0. The summed E-state index contributed by atoms with van der Waals surface area (Å²) in [5, 5.41) is 3.48. The molecule has 1 heterocycles. The third-order valence-electron chi connectivity index (χ3n) is 3.57. The zero-order valence-corrected chi connectivity index (χ0v) is 14.5. The number of aryl methyl sites for hydroxylation is 1. The van der Waals surface area contributed by atoms with Gasteiger partial charge in [-0.1, -0.05) is 12.1 Å². The highest BCUT2D eigenvalue weighted by Gasteiger charge is 2.26. The van der Waals surface area contributed by atoms with Gasteiger partial charge in [-0.25, -0.2) is 8.42 Å². The Kier molecular flexibility index (Phi) is 4.89. The molecular formula is C16H21N3O3S. The Balaban J connectivity index is 2.33. The van der Waals surface area contributed by atoms with Crippen LogP contribution < -0.4 is 0 Å². The van der Waals surface area contributed by atoms with Crippen LogP contribution in [0.3, 0.4) is 0 Å². The number of amides is 1. The number of nitrogens with zero attached hydrogens (tertiary/aromatic N) is 3. The molecular weight excluding hydrogens is 314 g/mol. The summed E-state index contributed by atoms with van der Waals surface area (Å²) in [6, 6.07) is 6.34. The van der Waals surface area contributed by atoms with E-state index in [1.54, 1.807) is 57.0 Å². The van der Waals surface area contributed by atoms with Gasteiger partial charge in [0.2, 0.25) is 0 Å². The van der Waals surface area contributed by atoms with Crippen LogP contribution in [-0.2, 0) is 23.4 Å². The summed E-state index contributed by atoms with van der Waals surface area (Å²) in [6.45, 7) is 3.58. The smallest absolute Gasteiger partial charge is 0.255 e. The average Bonchev–Trinajstić information content (AvgIpc) is 2.91. The molecule has 2 rings (SSSR count). The van der Waals surface area contributed by atoms with Crippen molar-refractivity contribution in [3.05, 3.63) is 47.8 Å². The van der Waals surface area contributed by atoms with E-state index in [2.05, 4.69) is 5.10 Å². The maximum Gasteiger partial charge on any atom is 0.255 e. The van der Waals surface area contributed by atoms with Crippen LogP contribution in [-0.4, -0.2) is 41.3 Å². The van der Waals surface area contributed by atoms with Gasteiger partial charge >= 0.3 is 0 Å². The molecule has 6 nitrogen and oxygen atoms in total. The fourth-order valence-electron chi connectivity index (χ4n) is 2.25. The predicted molar refractivity (Wildman–Crippen MR) is 87.8 cm³/mol. The second-order valence-electron chi connectivity index (χ2n) is 5.77. The molecule has 0 N–H and O–H groups in total. The van der Waals surface area contributed by atoms with Gasteiger partial charge in [-0.2, -0.15) is 5.10 Å². The van der Waals surface area contributed by atoms with E-state index in [1.165, 1.54) is 11.0 Å².